The third-order valence-corrected chi connectivity index (χ3v) is 5.13. The van der Waals surface area contributed by atoms with Crippen molar-refractivity contribution in [3.8, 4) is 0 Å². The quantitative estimate of drug-likeness (QED) is 0.827. The molecule has 1 aliphatic heterocycles. The number of aryl methyl sites for hydroxylation is 1. The Bertz CT molecular complexity index is 493. The fraction of sp³-hybridized carbons (Fsp3) is 0.824. The molecule has 1 aromatic heterocycles. The average Bonchev–Trinajstić information content (AvgIpc) is 2.96. The Morgan fingerprint density at radius 3 is 2.78 bits per heavy atom. The maximum atomic E-state index is 5.81. The zero-order valence-corrected chi connectivity index (χ0v) is 14.5. The molecule has 0 radical (unpaired) electrons. The lowest BCUT2D eigenvalue weighted by atomic mass is 9.72. The summed E-state index contributed by atoms with van der Waals surface area (Å²) in [5, 5.41) is 7.78. The molecule has 1 atom stereocenters. The molecule has 2 heterocycles. The average molecular weight is 323 g/mol. The topological polar surface area (TPSA) is 59.8 Å². The van der Waals surface area contributed by atoms with Crippen LogP contribution in [0.5, 0.6) is 0 Å². The van der Waals surface area contributed by atoms with Crippen LogP contribution < -0.4 is 5.32 Å². The Morgan fingerprint density at radius 1 is 1.43 bits per heavy atom. The lowest BCUT2D eigenvalue weighted by molar-refractivity contribution is -0.126. The van der Waals surface area contributed by atoms with Gasteiger partial charge in [-0.05, 0) is 33.6 Å². The smallest absolute Gasteiger partial charge is 0.133 e. The van der Waals surface area contributed by atoms with Crippen molar-refractivity contribution in [1.82, 2.24) is 15.4 Å². The van der Waals surface area contributed by atoms with Gasteiger partial charge in [-0.2, -0.15) is 0 Å². The lowest BCUT2D eigenvalue weighted by Crippen LogP contribution is -2.66. The Kier molecular flexibility index (Phi) is 5.36. The van der Waals surface area contributed by atoms with Crippen molar-refractivity contribution in [3.63, 3.8) is 0 Å². The molecular weight excluding hydrogens is 294 g/mol. The van der Waals surface area contributed by atoms with Gasteiger partial charge in [-0.25, -0.2) is 0 Å². The second-order valence-electron chi connectivity index (χ2n) is 6.77. The number of rotatable bonds is 7. The van der Waals surface area contributed by atoms with E-state index in [0.29, 0.717) is 6.10 Å². The van der Waals surface area contributed by atoms with Gasteiger partial charge in [-0.15, -0.1) is 0 Å². The predicted octanol–water partition coefficient (Wildman–Crippen LogP) is 1.90. The van der Waals surface area contributed by atoms with Crippen molar-refractivity contribution in [3.05, 3.63) is 17.5 Å². The molecule has 130 valence electrons. The van der Waals surface area contributed by atoms with Crippen molar-refractivity contribution in [1.29, 1.82) is 0 Å². The molecule has 1 unspecified atom stereocenters. The Morgan fingerprint density at radius 2 is 2.17 bits per heavy atom. The van der Waals surface area contributed by atoms with Crippen LogP contribution in [0.4, 0.5) is 0 Å². The molecule has 0 bridgehead atoms. The Balaban J connectivity index is 1.60. The van der Waals surface area contributed by atoms with Gasteiger partial charge in [0.2, 0.25) is 0 Å². The molecule has 2 aliphatic rings. The van der Waals surface area contributed by atoms with Gasteiger partial charge in [0.25, 0.3) is 0 Å². The van der Waals surface area contributed by atoms with Crippen LogP contribution in [0, 0.1) is 6.92 Å². The minimum atomic E-state index is 0.191. The van der Waals surface area contributed by atoms with E-state index in [-0.39, 0.29) is 11.6 Å². The molecule has 1 saturated carbocycles. The van der Waals surface area contributed by atoms with Crippen molar-refractivity contribution in [2.75, 3.05) is 39.5 Å². The Labute approximate surface area is 138 Å². The third-order valence-electron chi connectivity index (χ3n) is 5.13. The molecule has 6 nitrogen and oxygen atoms in total. The number of aromatic nitrogens is 1. The first kappa shape index (κ1) is 16.9. The van der Waals surface area contributed by atoms with Crippen LogP contribution in [0.2, 0.25) is 0 Å². The monoisotopic (exact) mass is 323 g/mol. The van der Waals surface area contributed by atoms with E-state index in [4.69, 9.17) is 14.0 Å². The second kappa shape index (κ2) is 7.30. The SMILES string of the molecule is CCOC1CC(CNC(C)c2cc(C)on2)(N2CCOCC2)C1. The van der Waals surface area contributed by atoms with Crippen molar-refractivity contribution < 1.29 is 14.0 Å². The highest BCUT2D eigenvalue weighted by Gasteiger charge is 2.49. The number of nitrogens with zero attached hydrogens (tertiary/aromatic N) is 2. The number of hydrogen-bond donors (Lipinski definition) is 1. The molecule has 0 spiro atoms. The summed E-state index contributed by atoms with van der Waals surface area (Å²) in [5.41, 5.74) is 1.16. The first-order chi connectivity index (χ1) is 11.1. The summed E-state index contributed by atoms with van der Waals surface area (Å²) in [6.07, 6.45) is 2.59. The molecule has 23 heavy (non-hydrogen) atoms. The van der Waals surface area contributed by atoms with E-state index >= 15 is 0 Å². The summed E-state index contributed by atoms with van der Waals surface area (Å²) in [6.45, 7) is 11.6. The molecule has 0 amide bonds. The highest BCUT2D eigenvalue weighted by atomic mass is 16.5. The van der Waals surface area contributed by atoms with E-state index in [0.717, 1.165) is 63.8 Å². The number of ether oxygens (including phenoxy) is 2. The summed E-state index contributed by atoms with van der Waals surface area (Å²) in [7, 11) is 0. The maximum absolute atomic E-state index is 5.81. The fourth-order valence-corrected chi connectivity index (χ4v) is 3.73. The molecule has 1 N–H and O–H groups in total. The van der Waals surface area contributed by atoms with Crippen LogP contribution >= 0.6 is 0 Å². The van der Waals surface area contributed by atoms with Crippen LogP contribution in [0.1, 0.15) is 44.2 Å². The second-order valence-corrected chi connectivity index (χ2v) is 6.77. The van der Waals surface area contributed by atoms with Gasteiger partial charge in [0.15, 0.2) is 0 Å². The van der Waals surface area contributed by atoms with Crippen LogP contribution in [0.3, 0.4) is 0 Å². The highest BCUT2D eigenvalue weighted by molar-refractivity contribution is 5.10. The minimum Gasteiger partial charge on any atom is -0.379 e. The highest BCUT2D eigenvalue weighted by Crippen LogP contribution is 2.40. The van der Waals surface area contributed by atoms with Gasteiger partial charge < -0.3 is 19.3 Å². The van der Waals surface area contributed by atoms with Gasteiger partial charge in [0.05, 0.1) is 25.4 Å². The van der Waals surface area contributed by atoms with Crippen LogP contribution in [0.15, 0.2) is 10.6 Å². The van der Waals surface area contributed by atoms with Gasteiger partial charge in [-0.3, -0.25) is 4.90 Å². The molecule has 1 saturated heterocycles. The standard InChI is InChI=1S/C17H29N3O3/c1-4-22-15-10-17(11-15,20-5-7-21-8-6-20)12-18-14(3)16-9-13(2)23-19-16/h9,14-15,18H,4-8,10-12H2,1-3H3. The van der Waals surface area contributed by atoms with E-state index in [2.05, 4.69) is 29.2 Å². The van der Waals surface area contributed by atoms with Gasteiger partial charge in [0.1, 0.15) is 11.5 Å². The number of hydrogen-bond acceptors (Lipinski definition) is 6. The van der Waals surface area contributed by atoms with Crippen LogP contribution in [-0.2, 0) is 9.47 Å². The molecule has 1 aliphatic carbocycles. The van der Waals surface area contributed by atoms with E-state index in [9.17, 15) is 0 Å². The first-order valence-corrected chi connectivity index (χ1v) is 8.74. The minimum absolute atomic E-state index is 0.191. The summed E-state index contributed by atoms with van der Waals surface area (Å²) >= 11 is 0. The number of morpholine rings is 1. The summed E-state index contributed by atoms with van der Waals surface area (Å²) < 4.78 is 16.5. The fourth-order valence-electron chi connectivity index (χ4n) is 3.73. The molecule has 2 fully saturated rings. The summed E-state index contributed by atoms with van der Waals surface area (Å²) in [4.78, 5) is 2.58. The first-order valence-electron chi connectivity index (χ1n) is 8.74. The molecule has 1 aromatic rings. The summed E-state index contributed by atoms with van der Waals surface area (Å²) in [5.74, 6) is 0.858. The lowest BCUT2D eigenvalue weighted by Gasteiger charge is -2.55. The number of nitrogens with one attached hydrogen (secondary N) is 1. The molecule has 6 heteroatoms. The van der Waals surface area contributed by atoms with Crippen LogP contribution in [0.25, 0.3) is 0 Å². The third kappa shape index (κ3) is 3.76. The molecule has 3 rings (SSSR count). The zero-order chi connectivity index (χ0) is 16.3. The van der Waals surface area contributed by atoms with Crippen molar-refractivity contribution in [2.45, 2.75) is 51.3 Å². The van der Waals surface area contributed by atoms with Crippen molar-refractivity contribution in [2.24, 2.45) is 0 Å². The van der Waals surface area contributed by atoms with E-state index in [1.807, 2.05) is 13.0 Å². The predicted molar refractivity (Wildman–Crippen MR) is 87.4 cm³/mol. The van der Waals surface area contributed by atoms with Gasteiger partial charge in [0, 0.05) is 37.8 Å². The summed E-state index contributed by atoms with van der Waals surface area (Å²) in [6, 6.07) is 2.19. The van der Waals surface area contributed by atoms with Crippen LogP contribution in [-0.4, -0.2) is 61.2 Å². The van der Waals surface area contributed by atoms with Gasteiger partial charge in [-0.1, -0.05) is 5.16 Å². The zero-order valence-electron chi connectivity index (χ0n) is 14.5. The maximum Gasteiger partial charge on any atom is 0.133 e. The van der Waals surface area contributed by atoms with Crippen molar-refractivity contribution >= 4 is 0 Å². The molecule has 0 aromatic carbocycles. The Hall–Kier alpha value is -0.950. The van der Waals surface area contributed by atoms with Gasteiger partial charge >= 0.3 is 0 Å². The van der Waals surface area contributed by atoms with E-state index in [1.54, 1.807) is 0 Å². The van der Waals surface area contributed by atoms with E-state index in [1.165, 1.54) is 0 Å². The normalized spacial score (nSPS) is 30.1. The van der Waals surface area contributed by atoms with E-state index < -0.39 is 0 Å². The molecular formula is C17H29N3O3. The largest absolute Gasteiger partial charge is 0.379 e.